The van der Waals surface area contributed by atoms with Crippen LogP contribution in [0.4, 0.5) is 0 Å². The summed E-state index contributed by atoms with van der Waals surface area (Å²) in [6, 6.07) is 3.34. The third-order valence-corrected chi connectivity index (χ3v) is 3.02. The SMILES string of the molecule is NS(=O)(=O)c1ccc(OC/C=C/Cl)c(C(=O)O)c1. The molecule has 1 aromatic carbocycles. The van der Waals surface area contributed by atoms with Gasteiger partial charge in [-0.05, 0) is 24.3 Å². The van der Waals surface area contributed by atoms with Crippen LogP contribution in [0.15, 0.2) is 34.7 Å². The zero-order chi connectivity index (χ0) is 13.8. The van der Waals surface area contributed by atoms with E-state index in [-0.39, 0.29) is 22.8 Å². The largest absolute Gasteiger partial charge is 0.489 e. The number of hydrogen-bond acceptors (Lipinski definition) is 4. The van der Waals surface area contributed by atoms with Gasteiger partial charge in [0.1, 0.15) is 17.9 Å². The molecule has 1 aromatic rings. The minimum Gasteiger partial charge on any atom is -0.489 e. The maximum Gasteiger partial charge on any atom is 0.339 e. The Morgan fingerprint density at radius 2 is 2.17 bits per heavy atom. The molecule has 6 nitrogen and oxygen atoms in total. The highest BCUT2D eigenvalue weighted by molar-refractivity contribution is 7.89. The monoisotopic (exact) mass is 291 g/mol. The lowest BCUT2D eigenvalue weighted by molar-refractivity contribution is 0.0692. The fraction of sp³-hybridized carbons (Fsp3) is 0.100. The number of halogens is 1. The molecule has 0 saturated carbocycles. The Hall–Kier alpha value is -1.57. The molecule has 0 aromatic heterocycles. The number of nitrogens with two attached hydrogens (primary N) is 1. The molecule has 0 radical (unpaired) electrons. The number of hydrogen-bond donors (Lipinski definition) is 2. The first-order valence-electron chi connectivity index (χ1n) is 4.64. The highest BCUT2D eigenvalue weighted by Gasteiger charge is 2.16. The normalized spacial score (nSPS) is 11.7. The number of carbonyl (C=O) groups is 1. The predicted molar refractivity (Wildman–Crippen MR) is 65.3 cm³/mol. The smallest absolute Gasteiger partial charge is 0.339 e. The van der Waals surface area contributed by atoms with Gasteiger partial charge >= 0.3 is 5.97 Å². The first kappa shape index (κ1) is 14.5. The summed E-state index contributed by atoms with van der Waals surface area (Å²) in [6.45, 7) is 0.0680. The third-order valence-electron chi connectivity index (χ3n) is 1.93. The molecule has 0 unspecified atom stereocenters. The highest BCUT2D eigenvalue weighted by Crippen LogP contribution is 2.22. The summed E-state index contributed by atoms with van der Waals surface area (Å²) < 4.78 is 27.3. The van der Waals surface area contributed by atoms with Crippen LogP contribution < -0.4 is 9.88 Å². The van der Waals surface area contributed by atoms with Crippen molar-refractivity contribution in [3.8, 4) is 5.75 Å². The standard InChI is InChI=1S/C10H10ClNO5S/c11-4-1-5-17-9-3-2-7(18(12,15)16)6-8(9)10(13)14/h1-4,6H,5H2,(H,13,14)(H2,12,15,16)/b4-1+. The van der Waals surface area contributed by atoms with Gasteiger partial charge in [-0.1, -0.05) is 11.6 Å². The molecule has 18 heavy (non-hydrogen) atoms. The van der Waals surface area contributed by atoms with Crippen molar-refractivity contribution >= 4 is 27.6 Å². The van der Waals surface area contributed by atoms with Gasteiger partial charge in [-0.2, -0.15) is 0 Å². The molecule has 0 amide bonds. The second-order valence-electron chi connectivity index (χ2n) is 3.18. The summed E-state index contributed by atoms with van der Waals surface area (Å²) >= 11 is 5.28. The molecule has 1 rings (SSSR count). The van der Waals surface area contributed by atoms with E-state index in [1.165, 1.54) is 23.7 Å². The van der Waals surface area contributed by atoms with Gasteiger partial charge in [0.15, 0.2) is 0 Å². The second-order valence-corrected chi connectivity index (χ2v) is 4.99. The van der Waals surface area contributed by atoms with Gasteiger partial charge in [-0.25, -0.2) is 18.4 Å². The van der Waals surface area contributed by atoms with Crippen LogP contribution in [0.5, 0.6) is 5.75 Å². The van der Waals surface area contributed by atoms with E-state index in [4.69, 9.17) is 26.6 Å². The van der Waals surface area contributed by atoms with Gasteiger partial charge < -0.3 is 9.84 Å². The summed E-state index contributed by atoms with van der Waals surface area (Å²) in [6.07, 6.45) is 1.46. The molecule has 3 N–H and O–H groups in total. The van der Waals surface area contributed by atoms with Gasteiger partial charge in [0.2, 0.25) is 10.0 Å². The lowest BCUT2D eigenvalue weighted by Crippen LogP contribution is -2.13. The van der Waals surface area contributed by atoms with E-state index in [0.717, 1.165) is 6.07 Å². The molecule has 0 spiro atoms. The Labute approximate surface area is 109 Å². The molecule has 0 aliphatic rings. The average molecular weight is 292 g/mol. The Kier molecular flexibility index (Phi) is 4.71. The van der Waals surface area contributed by atoms with E-state index in [0.29, 0.717) is 0 Å². The van der Waals surface area contributed by atoms with Crippen LogP contribution in [0.25, 0.3) is 0 Å². The van der Waals surface area contributed by atoms with Crippen LogP contribution in [-0.2, 0) is 10.0 Å². The van der Waals surface area contributed by atoms with Crippen LogP contribution >= 0.6 is 11.6 Å². The first-order chi connectivity index (χ1) is 8.36. The molecule has 0 saturated heterocycles. The number of carboxylic acid groups (broad SMARTS) is 1. The van der Waals surface area contributed by atoms with Gasteiger partial charge in [0, 0.05) is 5.54 Å². The molecule has 0 heterocycles. The molecule has 0 aliphatic carbocycles. The number of ether oxygens (including phenoxy) is 1. The van der Waals surface area contributed by atoms with E-state index >= 15 is 0 Å². The topological polar surface area (TPSA) is 107 Å². The Morgan fingerprint density at radius 3 is 2.67 bits per heavy atom. The van der Waals surface area contributed by atoms with Crippen LogP contribution in [-0.4, -0.2) is 26.1 Å². The summed E-state index contributed by atoms with van der Waals surface area (Å²) in [4.78, 5) is 10.7. The van der Waals surface area contributed by atoms with E-state index in [9.17, 15) is 13.2 Å². The van der Waals surface area contributed by atoms with Crippen molar-refractivity contribution in [1.82, 2.24) is 0 Å². The van der Waals surface area contributed by atoms with Crippen LogP contribution in [0.2, 0.25) is 0 Å². The van der Waals surface area contributed by atoms with Crippen molar-refractivity contribution in [2.45, 2.75) is 4.90 Å². The minimum atomic E-state index is -3.95. The number of rotatable bonds is 5. The maximum atomic E-state index is 11.1. The Bertz CT molecular complexity index is 582. The Balaban J connectivity index is 3.17. The lowest BCUT2D eigenvalue weighted by Gasteiger charge is -2.08. The molecule has 0 aliphatic heterocycles. The van der Waals surface area contributed by atoms with Crippen molar-refractivity contribution in [3.05, 3.63) is 35.4 Å². The first-order valence-corrected chi connectivity index (χ1v) is 6.62. The summed E-state index contributed by atoms with van der Waals surface area (Å²) in [5.41, 5.74) is 0.934. The zero-order valence-corrected chi connectivity index (χ0v) is 10.6. The molecule has 0 fully saturated rings. The number of primary sulfonamides is 1. The van der Waals surface area contributed by atoms with E-state index in [1.54, 1.807) is 0 Å². The molecule has 0 bridgehead atoms. The average Bonchev–Trinajstić information content (AvgIpc) is 2.28. The summed E-state index contributed by atoms with van der Waals surface area (Å²) in [5, 5.41) is 13.9. The quantitative estimate of drug-likeness (QED) is 0.846. The molecular formula is C10H10ClNO5S. The van der Waals surface area contributed by atoms with Gasteiger partial charge in [0.25, 0.3) is 0 Å². The fourth-order valence-corrected chi connectivity index (χ4v) is 1.77. The van der Waals surface area contributed by atoms with Crippen LogP contribution in [0.1, 0.15) is 10.4 Å². The third kappa shape index (κ3) is 3.73. The minimum absolute atomic E-state index is 0.0321. The van der Waals surface area contributed by atoms with Crippen molar-refractivity contribution in [3.63, 3.8) is 0 Å². The molecule has 0 atom stereocenters. The number of aromatic carboxylic acids is 1. The molecule has 98 valence electrons. The van der Waals surface area contributed by atoms with Crippen molar-refractivity contribution in [1.29, 1.82) is 0 Å². The maximum absolute atomic E-state index is 11.1. The second kappa shape index (κ2) is 5.85. The molecule has 8 heteroatoms. The summed E-state index contributed by atoms with van der Waals surface area (Å²) in [7, 11) is -3.95. The Morgan fingerprint density at radius 1 is 1.50 bits per heavy atom. The van der Waals surface area contributed by atoms with Crippen molar-refractivity contribution < 1.29 is 23.1 Å². The number of benzene rings is 1. The lowest BCUT2D eigenvalue weighted by atomic mass is 10.2. The fourth-order valence-electron chi connectivity index (χ4n) is 1.15. The highest BCUT2D eigenvalue weighted by atomic mass is 35.5. The van der Waals surface area contributed by atoms with Gasteiger partial charge in [0.05, 0.1) is 4.90 Å². The van der Waals surface area contributed by atoms with Crippen molar-refractivity contribution in [2.75, 3.05) is 6.61 Å². The van der Waals surface area contributed by atoms with Crippen LogP contribution in [0, 0.1) is 0 Å². The zero-order valence-electron chi connectivity index (χ0n) is 9.04. The van der Waals surface area contributed by atoms with E-state index in [1.807, 2.05) is 0 Å². The van der Waals surface area contributed by atoms with E-state index < -0.39 is 16.0 Å². The number of carboxylic acids is 1. The van der Waals surface area contributed by atoms with Crippen molar-refractivity contribution in [2.24, 2.45) is 5.14 Å². The number of sulfonamides is 1. The predicted octanol–water partition coefficient (Wildman–Crippen LogP) is 1.16. The summed E-state index contributed by atoms with van der Waals surface area (Å²) in [5.74, 6) is -1.28. The molecular weight excluding hydrogens is 282 g/mol. The van der Waals surface area contributed by atoms with Gasteiger partial charge in [-0.15, -0.1) is 0 Å². The van der Waals surface area contributed by atoms with E-state index in [2.05, 4.69) is 0 Å². The van der Waals surface area contributed by atoms with Crippen LogP contribution in [0.3, 0.4) is 0 Å². The van der Waals surface area contributed by atoms with Gasteiger partial charge in [-0.3, -0.25) is 0 Å².